The van der Waals surface area contributed by atoms with E-state index < -0.39 is 0 Å². The van der Waals surface area contributed by atoms with Gasteiger partial charge in [-0.15, -0.1) is 0 Å². The Hall–Kier alpha value is -2.44. The van der Waals surface area contributed by atoms with Crippen molar-refractivity contribution in [2.24, 2.45) is 4.99 Å². The number of nitrogens with one attached hydrogen (secondary N) is 2. The van der Waals surface area contributed by atoms with Crippen molar-refractivity contribution in [2.75, 3.05) is 46.8 Å². The number of pyridine rings is 1. The Morgan fingerprint density at radius 3 is 2.59 bits per heavy atom. The first-order valence-corrected chi connectivity index (χ1v) is 10.6. The number of aromatic nitrogens is 1. The molecule has 1 aliphatic rings. The summed E-state index contributed by atoms with van der Waals surface area (Å²) in [6.45, 7) is 7.32. The fraction of sp³-hybridized carbons (Fsp3) is 0.478. The van der Waals surface area contributed by atoms with Crippen LogP contribution in [0, 0.1) is 0 Å². The van der Waals surface area contributed by atoms with Crippen LogP contribution in [0.3, 0.4) is 0 Å². The third-order valence-corrected chi connectivity index (χ3v) is 5.32. The lowest BCUT2D eigenvalue weighted by molar-refractivity contribution is 0.269. The molecule has 3 rings (SSSR count). The molecule has 0 saturated carbocycles. The highest BCUT2D eigenvalue weighted by atomic mass is 15.2. The van der Waals surface area contributed by atoms with E-state index in [1.165, 1.54) is 30.6 Å². The summed E-state index contributed by atoms with van der Waals surface area (Å²) in [6.07, 6.45) is 3.96. The highest BCUT2D eigenvalue weighted by Crippen LogP contribution is 2.10. The van der Waals surface area contributed by atoms with E-state index >= 15 is 0 Å². The normalized spacial score (nSPS) is 16.4. The van der Waals surface area contributed by atoms with E-state index in [0.717, 1.165) is 50.8 Å². The van der Waals surface area contributed by atoms with Crippen LogP contribution in [-0.4, -0.2) is 67.6 Å². The first kappa shape index (κ1) is 21.3. The van der Waals surface area contributed by atoms with Gasteiger partial charge < -0.3 is 15.5 Å². The van der Waals surface area contributed by atoms with Crippen LogP contribution in [0.1, 0.15) is 23.2 Å². The molecule has 0 unspecified atom stereocenters. The van der Waals surface area contributed by atoms with E-state index in [-0.39, 0.29) is 0 Å². The van der Waals surface area contributed by atoms with Crippen molar-refractivity contribution in [1.29, 1.82) is 0 Å². The SMILES string of the molecule is CN=C(NCCc1ccccn1)NCc1ccc(CN2CCCN(C)CC2)cc1. The van der Waals surface area contributed by atoms with Crippen LogP contribution in [0.15, 0.2) is 53.7 Å². The quantitative estimate of drug-likeness (QED) is 0.557. The largest absolute Gasteiger partial charge is 0.356 e. The number of rotatable bonds is 7. The third-order valence-electron chi connectivity index (χ3n) is 5.32. The first-order chi connectivity index (χ1) is 14.2. The lowest BCUT2D eigenvalue weighted by atomic mass is 10.1. The molecule has 1 aliphatic heterocycles. The summed E-state index contributed by atoms with van der Waals surface area (Å²) in [5, 5.41) is 6.74. The van der Waals surface area contributed by atoms with Crippen LogP contribution in [0.2, 0.25) is 0 Å². The Kier molecular flexibility index (Phi) is 8.46. The van der Waals surface area contributed by atoms with Gasteiger partial charge in [-0.25, -0.2) is 0 Å². The zero-order chi connectivity index (χ0) is 20.3. The Bertz CT molecular complexity index is 744. The van der Waals surface area contributed by atoms with Crippen LogP contribution in [0.5, 0.6) is 0 Å². The lowest BCUT2D eigenvalue weighted by Gasteiger charge is -2.20. The van der Waals surface area contributed by atoms with Gasteiger partial charge in [0.25, 0.3) is 0 Å². The van der Waals surface area contributed by atoms with Gasteiger partial charge in [0.05, 0.1) is 0 Å². The Morgan fingerprint density at radius 2 is 1.83 bits per heavy atom. The highest BCUT2D eigenvalue weighted by molar-refractivity contribution is 5.79. The third kappa shape index (κ3) is 7.48. The van der Waals surface area contributed by atoms with Crippen molar-refractivity contribution < 1.29 is 0 Å². The predicted octanol–water partition coefficient (Wildman–Crippen LogP) is 2.13. The average molecular weight is 395 g/mol. The summed E-state index contributed by atoms with van der Waals surface area (Å²) in [4.78, 5) is 13.6. The molecule has 1 saturated heterocycles. The van der Waals surface area contributed by atoms with Crippen LogP contribution >= 0.6 is 0 Å². The number of benzene rings is 1. The summed E-state index contributed by atoms with van der Waals surface area (Å²) in [5.41, 5.74) is 3.73. The van der Waals surface area contributed by atoms with Crippen molar-refractivity contribution >= 4 is 5.96 Å². The molecule has 1 aromatic carbocycles. The van der Waals surface area contributed by atoms with E-state index in [9.17, 15) is 0 Å². The van der Waals surface area contributed by atoms with E-state index in [0.29, 0.717) is 0 Å². The smallest absolute Gasteiger partial charge is 0.191 e. The molecule has 2 N–H and O–H groups in total. The second-order valence-electron chi connectivity index (χ2n) is 7.67. The van der Waals surface area contributed by atoms with E-state index in [4.69, 9.17) is 0 Å². The topological polar surface area (TPSA) is 55.8 Å². The molecule has 2 heterocycles. The number of aliphatic imine (C=N–C) groups is 1. The lowest BCUT2D eigenvalue weighted by Crippen LogP contribution is -2.37. The summed E-state index contributed by atoms with van der Waals surface area (Å²) in [7, 11) is 4.02. The monoisotopic (exact) mass is 394 g/mol. The van der Waals surface area contributed by atoms with Crippen LogP contribution in [0.4, 0.5) is 0 Å². The van der Waals surface area contributed by atoms with Gasteiger partial charge in [-0.2, -0.15) is 0 Å². The fourth-order valence-electron chi connectivity index (χ4n) is 3.54. The van der Waals surface area contributed by atoms with Gasteiger partial charge in [0.1, 0.15) is 0 Å². The Balaban J connectivity index is 1.40. The molecular formula is C23H34N6. The Morgan fingerprint density at radius 1 is 1.00 bits per heavy atom. The predicted molar refractivity (Wildman–Crippen MR) is 120 cm³/mol. The maximum atomic E-state index is 4.35. The molecule has 0 bridgehead atoms. The molecule has 1 aromatic heterocycles. The molecule has 0 amide bonds. The van der Waals surface area contributed by atoms with Crippen LogP contribution in [0.25, 0.3) is 0 Å². The molecule has 0 aliphatic carbocycles. The maximum Gasteiger partial charge on any atom is 0.191 e. The minimum atomic E-state index is 0.762. The van der Waals surface area contributed by atoms with Gasteiger partial charge >= 0.3 is 0 Å². The van der Waals surface area contributed by atoms with E-state index in [1.807, 2.05) is 24.4 Å². The van der Waals surface area contributed by atoms with Crippen molar-refractivity contribution in [2.45, 2.75) is 25.9 Å². The van der Waals surface area contributed by atoms with Gasteiger partial charge in [-0.05, 0) is 49.8 Å². The van der Waals surface area contributed by atoms with Gasteiger partial charge in [-0.1, -0.05) is 30.3 Å². The van der Waals surface area contributed by atoms with Crippen molar-refractivity contribution in [3.8, 4) is 0 Å². The maximum absolute atomic E-state index is 4.35. The number of hydrogen-bond acceptors (Lipinski definition) is 4. The van der Waals surface area contributed by atoms with Crippen molar-refractivity contribution in [3.05, 3.63) is 65.5 Å². The summed E-state index contributed by atoms with van der Waals surface area (Å²) in [6, 6.07) is 14.9. The first-order valence-electron chi connectivity index (χ1n) is 10.6. The fourth-order valence-corrected chi connectivity index (χ4v) is 3.54. The van der Waals surface area contributed by atoms with Crippen LogP contribution < -0.4 is 10.6 Å². The van der Waals surface area contributed by atoms with E-state index in [2.05, 4.69) is 61.7 Å². The molecule has 6 heteroatoms. The zero-order valence-electron chi connectivity index (χ0n) is 17.8. The number of likely N-dealkylation sites (N-methyl/N-ethyl adjacent to an activating group) is 1. The minimum Gasteiger partial charge on any atom is -0.356 e. The minimum absolute atomic E-state index is 0.762. The molecule has 0 atom stereocenters. The molecule has 29 heavy (non-hydrogen) atoms. The number of hydrogen-bond donors (Lipinski definition) is 2. The van der Waals surface area contributed by atoms with Crippen molar-refractivity contribution in [1.82, 2.24) is 25.4 Å². The summed E-state index contributed by atoms with van der Waals surface area (Å²) < 4.78 is 0. The highest BCUT2D eigenvalue weighted by Gasteiger charge is 2.12. The molecule has 1 fully saturated rings. The molecular weight excluding hydrogens is 360 g/mol. The van der Waals surface area contributed by atoms with E-state index in [1.54, 1.807) is 7.05 Å². The van der Waals surface area contributed by atoms with Gasteiger partial charge in [-0.3, -0.25) is 14.9 Å². The summed E-state index contributed by atoms with van der Waals surface area (Å²) in [5.74, 6) is 0.818. The van der Waals surface area contributed by atoms with Gasteiger partial charge in [0.2, 0.25) is 0 Å². The summed E-state index contributed by atoms with van der Waals surface area (Å²) >= 11 is 0. The molecule has 156 valence electrons. The zero-order valence-corrected chi connectivity index (χ0v) is 17.8. The molecule has 0 radical (unpaired) electrons. The second kappa shape index (κ2) is 11.5. The van der Waals surface area contributed by atoms with Gasteiger partial charge in [0.15, 0.2) is 5.96 Å². The standard InChI is InChI=1S/C23H34N6/c1-24-23(26-13-11-22-6-3-4-12-25-22)27-18-20-7-9-21(10-8-20)19-29-15-5-14-28(2)16-17-29/h3-4,6-10,12H,5,11,13-19H2,1-2H3,(H2,24,26,27). The Labute approximate surface area is 175 Å². The number of nitrogens with zero attached hydrogens (tertiary/aromatic N) is 4. The molecule has 0 spiro atoms. The number of guanidine groups is 1. The molecule has 2 aromatic rings. The molecule has 6 nitrogen and oxygen atoms in total. The van der Waals surface area contributed by atoms with Gasteiger partial charge in [0, 0.05) is 58.1 Å². The second-order valence-corrected chi connectivity index (χ2v) is 7.67. The van der Waals surface area contributed by atoms with Crippen molar-refractivity contribution in [3.63, 3.8) is 0 Å². The average Bonchev–Trinajstić information content (AvgIpc) is 2.96. The van der Waals surface area contributed by atoms with Crippen LogP contribution in [-0.2, 0) is 19.5 Å².